The van der Waals surface area contributed by atoms with Gasteiger partial charge in [0.15, 0.2) is 0 Å². The Labute approximate surface area is 198 Å². The number of hydrogen-bond donors (Lipinski definition) is 1. The van der Waals surface area contributed by atoms with Gasteiger partial charge in [-0.1, -0.05) is 23.2 Å². The third kappa shape index (κ3) is 5.85. The number of carbonyl (C=O) groups excluding carboxylic acids is 2. The van der Waals surface area contributed by atoms with Crippen LogP contribution >= 0.6 is 23.2 Å². The number of hydrogen-bond acceptors (Lipinski definition) is 5. The van der Waals surface area contributed by atoms with Crippen LogP contribution in [0.1, 0.15) is 28.9 Å². The first-order valence-electron chi connectivity index (χ1n) is 10.3. The zero-order valence-electron chi connectivity index (χ0n) is 18.4. The standard InChI is InChI=1S/C23H27Cl2N3O4/c1-15(19-13-17(31-2)5-7-21(19)32-3)26-22(29)14-27-8-10-28(11-9-27)23(30)18-6-4-16(24)12-20(18)25/h4-7,12-13,15H,8-11,14H2,1-3H3,(H,26,29). The van der Waals surface area contributed by atoms with E-state index in [0.29, 0.717) is 53.3 Å². The SMILES string of the molecule is COc1ccc(OC)c(C(C)NC(=O)CN2CCN(C(=O)c3ccc(Cl)cc3Cl)CC2)c1. The number of ether oxygens (including phenoxy) is 2. The molecule has 0 radical (unpaired) electrons. The Morgan fingerprint density at radius 1 is 1.03 bits per heavy atom. The Bertz CT molecular complexity index is 978. The van der Waals surface area contributed by atoms with E-state index in [1.165, 1.54) is 0 Å². The first-order chi connectivity index (χ1) is 15.3. The van der Waals surface area contributed by atoms with Gasteiger partial charge in [0.05, 0.1) is 37.4 Å². The lowest BCUT2D eigenvalue weighted by Crippen LogP contribution is -2.51. The van der Waals surface area contributed by atoms with Gasteiger partial charge in [-0.05, 0) is 43.3 Å². The van der Waals surface area contributed by atoms with Crippen molar-refractivity contribution < 1.29 is 19.1 Å². The second-order valence-corrected chi connectivity index (χ2v) is 8.43. The smallest absolute Gasteiger partial charge is 0.255 e. The molecule has 32 heavy (non-hydrogen) atoms. The van der Waals surface area contributed by atoms with Gasteiger partial charge in [0, 0.05) is 36.8 Å². The highest BCUT2D eigenvalue weighted by Crippen LogP contribution is 2.29. The molecule has 9 heteroatoms. The minimum absolute atomic E-state index is 0.0945. The predicted molar refractivity (Wildman–Crippen MR) is 125 cm³/mol. The second kappa shape index (κ2) is 10.9. The average molecular weight is 480 g/mol. The van der Waals surface area contributed by atoms with Gasteiger partial charge in [-0.25, -0.2) is 0 Å². The molecule has 1 aliphatic rings. The number of methoxy groups -OCH3 is 2. The number of carbonyl (C=O) groups is 2. The van der Waals surface area contributed by atoms with Crippen molar-refractivity contribution in [2.75, 3.05) is 46.9 Å². The molecule has 0 bridgehead atoms. The van der Waals surface area contributed by atoms with Crippen LogP contribution in [0.5, 0.6) is 11.5 Å². The quantitative estimate of drug-likeness (QED) is 0.656. The van der Waals surface area contributed by atoms with E-state index in [2.05, 4.69) is 5.32 Å². The summed E-state index contributed by atoms with van der Waals surface area (Å²) in [5.41, 5.74) is 1.28. The van der Waals surface area contributed by atoms with Crippen LogP contribution in [0, 0.1) is 0 Å². The molecule has 1 saturated heterocycles. The van der Waals surface area contributed by atoms with Crippen molar-refractivity contribution >= 4 is 35.0 Å². The molecule has 1 N–H and O–H groups in total. The van der Waals surface area contributed by atoms with Gasteiger partial charge in [0.25, 0.3) is 5.91 Å². The Balaban J connectivity index is 1.53. The molecule has 2 aromatic rings. The van der Waals surface area contributed by atoms with Crippen molar-refractivity contribution in [3.05, 3.63) is 57.6 Å². The minimum Gasteiger partial charge on any atom is -0.497 e. The van der Waals surface area contributed by atoms with Crippen molar-refractivity contribution in [3.63, 3.8) is 0 Å². The summed E-state index contributed by atoms with van der Waals surface area (Å²) >= 11 is 12.1. The van der Waals surface area contributed by atoms with E-state index in [4.69, 9.17) is 32.7 Å². The summed E-state index contributed by atoms with van der Waals surface area (Å²) in [6, 6.07) is 10.1. The number of nitrogens with one attached hydrogen (secondary N) is 1. The van der Waals surface area contributed by atoms with Gasteiger partial charge in [-0.2, -0.15) is 0 Å². The monoisotopic (exact) mass is 479 g/mol. The lowest BCUT2D eigenvalue weighted by molar-refractivity contribution is -0.123. The molecule has 0 spiro atoms. The van der Waals surface area contributed by atoms with Gasteiger partial charge in [0.2, 0.25) is 5.91 Å². The van der Waals surface area contributed by atoms with E-state index in [9.17, 15) is 9.59 Å². The third-order valence-corrected chi connectivity index (χ3v) is 6.02. The van der Waals surface area contributed by atoms with Crippen LogP contribution in [-0.4, -0.2) is 68.6 Å². The van der Waals surface area contributed by atoms with Gasteiger partial charge in [-0.3, -0.25) is 14.5 Å². The summed E-state index contributed by atoms with van der Waals surface area (Å²) in [5, 5.41) is 3.84. The van der Waals surface area contributed by atoms with E-state index < -0.39 is 0 Å². The number of halogens is 2. The molecule has 1 fully saturated rings. The normalized spacial score (nSPS) is 15.2. The maximum absolute atomic E-state index is 12.8. The van der Waals surface area contributed by atoms with E-state index >= 15 is 0 Å². The molecule has 0 aromatic heterocycles. The highest BCUT2D eigenvalue weighted by molar-refractivity contribution is 6.36. The first-order valence-corrected chi connectivity index (χ1v) is 11.1. The Morgan fingerprint density at radius 2 is 1.75 bits per heavy atom. The molecule has 1 heterocycles. The van der Waals surface area contributed by atoms with Crippen LogP contribution in [-0.2, 0) is 4.79 Å². The highest BCUT2D eigenvalue weighted by Gasteiger charge is 2.25. The third-order valence-electron chi connectivity index (χ3n) is 5.47. The molecule has 1 unspecified atom stereocenters. The van der Waals surface area contributed by atoms with Crippen molar-refractivity contribution in [1.29, 1.82) is 0 Å². The molecular weight excluding hydrogens is 453 g/mol. The minimum atomic E-state index is -0.248. The molecule has 1 aliphatic heterocycles. The maximum atomic E-state index is 12.8. The van der Waals surface area contributed by atoms with Crippen LogP contribution < -0.4 is 14.8 Å². The number of rotatable bonds is 7. The van der Waals surface area contributed by atoms with Gasteiger partial charge >= 0.3 is 0 Å². The summed E-state index contributed by atoms with van der Waals surface area (Å²) in [5.74, 6) is 1.16. The molecule has 2 amide bonds. The average Bonchev–Trinajstić information content (AvgIpc) is 2.78. The fourth-order valence-corrected chi connectivity index (χ4v) is 4.18. The Hall–Kier alpha value is -2.48. The summed E-state index contributed by atoms with van der Waals surface area (Å²) < 4.78 is 10.7. The molecule has 3 rings (SSSR count). The largest absolute Gasteiger partial charge is 0.497 e. The summed E-state index contributed by atoms with van der Waals surface area (Å²) in [4.78, 5) is 29.2. The van der Waals surface area contributed by atoms with E-state index in [1.807, 2.05) is 30.0 Å². The number of benzene rings is 2. The Morgan fingerprint density at radius 3 is 2.38 bits per heavy atom. The zero-order valence-corrected chi connectivity index (χ0v) is 19.9. The van der Waals surface area contributed by atoms with E-state index in [-0.39, 0.29) is 24.4 Å². The lowest BCUT2D eigenvalue weighted by Gasteiger charge is -2.34. The second-order valence-electron chi connectivity index (χ2n) is 7.59. The van der Waals surface area contributed by atoms with Crippen LogP contribution in [0.2, 0.25) is 10.0 Å². The lowest BCUT2D eigenvalue weighted by atomic mass is 10.1. The fourth-order valence-electron chi connectivity index (χ4n) is 3.69. The molecule has 172 valence electrons. The maximum Gasteiger partial charge on any atom is 0.255 e. The van der Waals surface area contributed by atoms with Crippen LogP contribution in [0.3, 0.4) is 0 Å². The summed E-state index contributed by atoms with van der Waals surface area (Å²) in [6.07, 6.45) is 0. The zero-order chi connectivity index (χ0) is 23.3. The molecule has 0 saturated carbocycles. The van der Waals surface area contributed by atoms with E-state index in [1.54, 1.807) is 37.3 Å². The van der Waals surface area contributed by atoms with Crippen molar-refractivity contribution in [3.8, 4) is 11.5 Å². The van der Waals surface area contributed by atoms with Crippen LogP contribution in [0.25, 0.3) is 0 Å². The van der Waals surface area contributed by atoms with Gasteiger partial charge in [-0.15, -0.1) is 0 Å². The van der Waals surface area contributed by atoms with Crippen LogP contribution in [0.15, 0.2) is 36.4 Å². The molecule has 2 aromatic carbocycles. The highest BCUT2D eigenvalue weighted by atomic mass is 35.5. The summed E-state index contributed by atoms with van der Waals surface area (Å²) in [7, 11) is 3.19. The number of nitrogens with zero attached hydrogens (tertiary/aromatic N) is 2. The van der Waals surface area contributed by atoms with Crippen molar-refractivity contribution in [1.82, 2.24) is 15.1 Å². The van der Waals surface area contributed by atoms with Crippen LogP contribution in [0.4, 0.5) is 0 Å². The Kier molecular flexibility index (Phi) is 8.23. The molecule has 0 aliphatic carbocycles. The molecular formula is C23H27Cl2N3O4. The molecule has 7 nitrogen and oxygen atoms in total. The number of piperazine rings is 1. The van der Waals surface area contributed by atoms with Gasteiger partial charge < -0.3 is 19.7 Å². The topological polar surface area (TPSA) is 71.1 Å². The first kappa shape index (κ1) is 24.2. The van der Waals surface area contributed by atoms with Crippen molar-refractivity contribution in [2.45, 2.75) is 13.0 Å². The van der Waals surface area contributed by atoms with E-state index in [0.717, 1.165) is 5.56 Å². The summed E-state index contributed by atoms with van der Waals surface area (Å²) in [6.45, 7) is 4.39. The fraction of sp³-hybridized carbons (Fsp3) is 0.391. The predicted octanol–water partition coefficient (Wildman–Crippen LogP) is 3.65. The number of amides is 2. The van der Waals surface area contributed by atoms with Crippen molar-refractivity contribution in [2.24, 2.45) is 0 Å². The molecule has 1 atom stereocenters. The van der Waals surface area contributed by atoms with Gasteiger partial charge in [0.1, 0.15) is 11.5 Å².